The van der Waals surface area contributed by atoms with Crippen LogP contribution < -0.4 is 0 Å². The van der Waals surface area contributed by atoms with Gasteiger partial charge in [0.15, 0.2) is 0 Å². The molecule has 0 saturated carbocycles. The Balaban J connectivity index is 1.80. The number of aliphatic carboxylic acids is 1. The summed E-state index contributed by atoms with van der Waals surface area (Å²) in [6.45, 7) is 0.00407. The minimum absolute atomic E-state index is 0.00407. The van der Waals surface area contributed by atoms with Crippen molar-refractivity contribution in [3.05, 3.63) is 12.2 Å². The lowest BCUT2D eigenvalue weighted by Gasteiger charge is -2.15. The van der Waals surface area contributed by atoms with E-state index in [4.69, 9.17) is 5.11 Å². The molecule has 6 heteroatoms. The molecule has 0 aromatic heterocycles. The summed E-state index contributed by atoms with van der Waals surface area (Å²) in [6.07, 6.45) is 3.80. The lowest BCUT2D eigenvalue weighted by molar-refractivity contribution is -0.142. The van der Waals surface area contributed by atoms with Crippen LogP contribution in [0.1, 0.15) is 6.42 Å². The second-order valence-electron chi connectivity index (χ2n) is 4.47. The Hall–Kier alpha value is -1.30. The number of carbonyl (C=O) groups excluding carboxylic acids is 2. The predicted octanol–water partition coefficient (Wildman–Crippen LogP) is 0.116. The van der Waals surface area contributed by atoms with Gasteiger partial charge in [-0.2, -0.15) is 0 Å². The molecule has 2 amide bonds. The van der Waals surface area contributed by atoms with E-state index in [0.717, 1.165) is 4.90 Å². The SMILES string of the molecule is O=C(O)CCN1C(=O)C2C3C=CC(S3)C2C1=O. The van der Waals surface area contributed by atoms with Crippen LogP contribution in [0.15, 0.2) is 12.2 Å². The largest absolute Gasteiger partial charge is 0.481 e. The first-order valence-corrected chi connectivity index (χ1v) is 6.44. The van der Waals surface area contributed by atoms with Crippen LogP contribution in [0.3, 0.4) is 0 Å². The fourth-order valence-corrected chi connectivity index (χ4v) is 4.43. The van der Waals surface area contributed by atoms with Crippen molar-refractivity contribution < 1.29 is 19.5 Å². The van der Waals surface area contributed by atoms with Gasteiger partial charge in [0.2, 0.25) is 11.8 Å². The first-order chi connectivity index (χ1) is 8.09. The van der Waals surface area contributed by atoms with Crippen LogP contribution in [0, 0.1) is 11.8 Å². The molecule has 0 spiro atoms. The van der Waals surface area contributed by atoms with Crippen LogP contribution >= 0.6 is 11.8 Å². The minimum Gasteiger partial charge on any atom is -0.481 e. The molecule has 0 aromatic rings. The molecule has 3 rings (SSSR count). The van der Waals surface area contributed by atoms with E-state index in [1.165, 1.54) is 0 Å². The van der Waals surface area contributed by atoms with Gasteiger partial charge in [0, 0.05) is 17.0 Å². The van der Waals surface area contributed by atoms with Crippen molar-refractivity contribution in [2.45, 2.75) is 16.9 Å². The van der Waals surface area contributed by atoms with Crippen LogP contribution in [-0.4, -0.2) is 44.8 Å². The summed E-state index contributed by atoms with van der Waals surface area (Å²) in [5.41, 5.74) is 0. The number of imide groups is 1. The quantitative estimate of drug-likeness (QED) is 0.571. The molecule has 4 atom stereocenters. The Labute approximate surface area is 102 Å². The zero-order chi connectivity index (χ0) is 12.2. The molecule has 4 unspecified atom stereocenters. The Morgan fingerprint density at radius 3 is 2.24 bits per heavy atom. The molecular weight excluding hydrogens is 242 g/mol. The zero-order valence-electron chi connectivity index (χ0n) is 8.91. The average Bonchev–Trinajstić information content (AvgIpc) is 2.92. The van der Waals surface area contributed by atoms with Crippen molar-refractivity contribution in [2.75, 3.05) is 6.54 Å². The molecule has 0 aromatic carbocycles. The maximum Gasteiger partial charge on any atom is 0.305 e. The van der Waals surface area contributed by atoms with Crippen molar-refractivity contribution in [3.8, 4) is 0 Å². The van der Waals surface area contributed by atoms with E-state index >= 15 is 0 Å². The Morgan fingerprint density at radius 1 is 1.24 bits per heavy atom. The number of hydrogen-bond donors (Lipinski definition) is 1. The highest BCUT2D eigenvalue weighted by Gasteiger charge is 2.59. The summed E-state index contributed by atoms with van der Waals surface area (Å²) >= 11 is 1.66. The van der Waals surface area contributed by atoms with Crippen molar-refractivity contribution in [1.82, 2.24) is 4.90 Å². The summed E-state index contributed by atoms with van der Waals surface area (Å²) in [5.74, 6) is -1.87. The number of thioether (sulfide) groups is 1. The molecule has 2 saturated heterocycles. The Morgan fingerprint density at radius 2 is 1.76 bits per heavy atom. The number of carboxylic acids is 1. The first kappa shape index (κ1) is 10.8. The lowest BCUT2D eigenvalue weighted by atomic mass is 9.85. The van der Waals surface area contributed by atoms with Gasteiger partial charge in [-0.05, 0) is 0 Å². The van der Waals surface area contributed by atoms with Crippen LogP contribution in [0.4, 0.5) is 0 Å². The van der Waals surface area contributed by atoms with Gasteiger partial charge in [0.1, 0.15) is 0 Å². The van der Waals surface area contributed by atoms with Crippen molar-refractivity contribution in [3.63, 3.8) is 0 Å². The van der Waals surface area contributed by atoms with Gasteiger partial charge in [-0.15, -0.1) is 11.8 Å². The van der Waals surface area contributed by atoms with E-state index in [9.17, 15) is 14.4 Å². The van der Waals surface area contributed by atoms with E-state index in [0.29, 0.717) is 0 Å². The highest BCUT2D eigenvalue weighted by Crippen LogP contribution is 2.53. The highest BCUT2D eigenvalue weighted by atomic mass is 32.2. The topological polar surface area (TPSA) is 74.7 Å². The number of nitrogens with zero attached hydrogens (tertiary/aromatic N) is 1. The summed E-state index contributed by atoms with van der Waals surface area (Å²) in [4.78, 5) is 35.8. The number of rotatable bonds is 3. The molecule has 5 nitrogen and oxygen atoms in total. The third kappa shape index (κ3) is 1.43. The monoisotopic (exact) mass is 253 g/mol. The molecular formula is C11H11NO4S. The number of fused-ring (bicyclic) bond motifs is 5. The van der Waals surface area contributed by atoms with Gasteiger partial charge < -0.3 is 5.11 Å². The van der Waals surface area contributed by atoms with Crippen LogP contribution in [0.25, 0.3) is 0 Å². The van der Waals surface area contributed by atoms with Crippen LogP contribution in [0.2, 0.25) is 0 Å². The summed E-state index contributed by atoms with van der Waals surface area (Å²) in [5, 5.41) is 8.82. The maximum atomic E-state index is 12.1. The van der Waals surface area contributed by atoms with Crippen molar-refractivity contribution >= 4 is 29.5 Å². The minimum atomic E-state index is -0.988. The molecule has 2 bridgehead atoms. The maximum absolute atomic E-state index is 12.1. The normalized spacial score (nSPS) is 38.0. The molecule has 1 N–H and O–H groups in total. The predicted molar refractivity (Wildman–Crippen MR) is 60.3 cm³/mol. The third-order valence-corrected chi connectivity index (χ3v) is 5.08. The zero-order valence-corrected chi connectivity index (χ0v) is 9.72. The smallest absolute Gasteiger partial charge is 0.305 e. The number of carboxylic acid groups (broad SMARTS) is 1. The second kappa shape index (κ2) is 3.60. The summed E-state index contributed by atoms with van der Waals surface area (Å²) < 4.78 is 0. The van der Waals surface area contributed by atoms with Crippen LogP contribution in [0.5, 0.6) is 0 Å². The van der Waals surface area contributed by atoms with E-state index in [2.05, 4.69) is 0 Å². The number of likely N-dealkylation sites (tertiary alicyclic amines) is 1. The van der Waals surface area contributed by atoms with Gasteiger partial charge in [0.05, 0.1) is 18.3 Å². The molecule has 90 valence electrons. The molecule has 3 heterocycles. The van der Waals surface area contributed by atoms with Crippen molar-refractivity contribution in [2.24, 2.45) is 11.8 Å². The summed E-state index contributed by atoms with van der Waals surface area (Å²) in [7, 11) is 0. The number of carbonyl (C=O) groups is 3. The summed E-state index contributed by atoms with van der Waals surface area (Å²) in [6, 6.07) is 0. The van der Waals surface area contributed by atoms with Gasteiger partial charge in [-0.1, -0.05) is 12.2 Å². The van der Waals surface area contributed by atoms with E-state index in [-0.39, 0.29) is 47.1 Å². The van der Waals surface area contributed by atoms with Gasteiger partial charge in [-0.3, -0.25) is 19.3 Å². The molecule has 0 radical (unpaired) electrons. The molecule has 3 aliphatic rings. The fourth-order valence-electron chi connectivity index (χ4n) is 2.79. The van der Waals surface area contributed by atoms with Crippen LogP contribution in [-0.2, 0) is 14.4 Å². The van der Waals surface area contributed by atoms with Gasteiger partial charge in [-0.25, -0.2) is 0 Å². The van der Waals surface area contributed by atoms with E-state index in [1.807, 2.05) is 12.2 Å². The molecule has 2 fully saturated rings. The first-order valence-electron chi connectivity index (χ1n) is 5.50. The Kier molecular flexibility index (Phi) is 2.29. The number of hydrogen-bond acceptors (Lipinski definition) is 4. The van der Waals surface area contributed by atoms with E-state index < -0.39 is 5.97 Å². The molecule has 17 heavy (non-hydrogen) atoms. The Bertz CT molecular complexity index is 417. The lowest BCUT2D eigenvalue weighted by Crippen LogP contribution is -2.34. The van der Waals surface area contributed by atoms with E-state index in [1.54, 1.807) is 11.8 Å². The standard InChI is InChI=1S/C11H11NO4S/c13-7(14)3-4-12-10(15)8-5-1-2-6(17-5)9(8)11(12)16/h1-2,5-6,8-9H,3-4H2,(H,13,14). The molecule has 0 aliphatic carbocycles. The third-order valence-electron chi connectivity index (χ3n) is 3.55. The van der Waals surface area contributed by atoms with Crippen molar-refractivity contribution in [1.29, 1.82) is 0 Å². The van der Waals surface area contributed by atoms with Gasteiger partial charge in [0.25, 0.3) is 0 Å². The molecule has 3 aliphatic heterocycles. The average molecular weight is 253 g/mol. The highest BCUT2D eigenvalue weighted by molar-refractivity contribution is 8.01. The fraction of sp³-hybridized carbons (Fsp3) is 0.545. The second-order valence-corrected chi connectivity index (χ2v) is 5.83. The van der Waals surface area contributed by atoms with Gasteiger partial charge >= 0.3 is 5.97 Å². The number of amides is 2.